The molecule has 3 rings (SSSR count). The average molecular weight is 270 g/mol. The van der Waals surface area contributed by atoms with Gasteiger partial charge in [-0.1, -0.05) is 0 Å². The number of pyridine rings is 1. The number of benzene rings is 1. The second-order valence-electron chi connectivity index (χ2n) is 5.06. The first-order chi connectivity index (χ1) is 9.49. The number of nitrogens with zero attached hydrogens (tertiary/aromatic N) is 1. The molecule has 2 N–H and O–H groups in total. The van der Waals surface area contributed by atoms with E-state index in [4.69, 9.17) is 0 Å². The SMILES string of the molecule is Cc1c(O)ccc(-c2cc3[nH]cc(C)c3c(C)n2)c1F. The van der Waals surface area contributed by atoms with Gasteiger partial charge in [-0.25, -0.2) is 4.39 Å². The van der Waals surface area contributed by atoms with Gasteiger partial charge in [0.25, 0.3) is 0 Å². The van der Waals surface area contributed by atoms with Gasteiger partial charge in [-0.2, -0.15) is 0 Å². The second kappa shape index (κ2) is 4.34. The lowest BCUT2D eigenvalue weighted by Gasteiger charge is -2.08. The third kappa shape index (κ3) is 1.76. The fraction of sp³-hybridized carbons (Fsp3) is 0.188. The van der Waals surface area contributed by atoms with Crippen molar-refractivity contribution < 1.29 is 9.50 Å². The molecule has 20 heavy (non-hydrogen) atoms. The van der Waals surface area contributed by atoms with Crippen LogP contribution in [0.25, 0.3) is 22.2 Å². The van der Waals surface area contributed by atoms with Crippen molar-refractivity contribution in [3.63, 3.8) is 0 Å². The van der Waals surface area contributed by atoms with Crippen LogP contribution in [0.5, 0.6) is 5.75 Å². The molecule has 0 aliphatic carbocycles. The number of phenols is 1. The molecule has 0 spiro atoms. The number of hydrogen-bond acceptors (Lipinski definition) is 2. The molecular formula is C16H15FN2O. The van der Waals surface area contributed by atoms with Gasteiger partial charge in [-0.15, -0.1) is 0 Å². The molecule has 1 aromatic carbocycles. The fourth-order valence-electron chi connectivity index (χ4n) is 2.55. The van der Waals surface area contributed by atoms with E-state index in [1.165, 1.54) is 6.07 Å². The minimum Gasteiger partial charge on any atom is -0.508 e. The first-order valence-electron chi connectivity index (χ1n) is 6.43. The average Bonchev–Trinajstić information content (AvgIpc) is 2.78. The molecule has 0 atom stereocenters. The third-order valence-electron chi connectivity index (χ3n) is 3.67. The number of aromatic nitrogens is 2. The molecule has 0 bridgehead atoms. The summed E-state index contributed by atoms with van der Waals surface area (Å²) >= 11 is 0. The number of rotatable bonds is 1. The quantitative estimate of drug-likeness (QED) is 0.702. The molecule has 0 aliphatic heterocycles. The van der Waals surface area contributed by atoms with E-state index in [0.29, 0.717) is 11.3 Å². The molecule has 102 valence electrons. The lowest BCUT2D eigenvalue weighted by atomic mass is 10.0. The molecule has 3 aromatic rings. The van der Waals surface area contributed by atoms with Crippen LogP contribution >= 0.6 is 0 Å². The molecule has 0 aliphatic rings. The van der Waals surface area contributed by atoms with E-state index in [0.717, 1.165) is 22.2 Å². The van der Waals surface area contributed by atoms with Crippen LogP contribution in [0.15, 0.2) is 24.4 Å². The number of aryl methyl sites for hydroxylation is 2. The van der Waals surface area contributed by atoms with E-state index in [1.807, 2.05) is 26.1 Å². The minimum absolute atomic E-state index is 0.0419. The number of H-pyrrole nitrogens is 1. The van der Waals surface area contributed by atoms with Gasteiger partial charge in [0.15, 0.2) is 0 Å². The second-order valence-corrected chi connectivity index (χ2v) is 5.06. The van der Waals surface area contributed by atoms with Crippen LogP contribution < -0.4 is 0 Å². The van der Waals surface area contributed by atoms with Crippen LogP contribution in [0.4, 0.5) is 4.39 Å². The van der Waals surface area contributed by atoms with Crippen LogP contribution in [0, 0.1) is 26.6 Å². The predicted octanol–water partition coefficient (Wildman–Crippen LogP) is 4.00. The Hall–Kier alpha value is -2.36. The number of aromatic amines is 1. The monoisotopic (exact) mass is 270 g/mol. The van der Waals surface area contributed by atoms with E-state index in [9.17, 15) is 9.50 Å². The van der Waals surface area contributed by atoms with Crippen LogP contribution in [-0.2, 0) is 0 Å². The zero-order valence-electron chi connectivity index (χ0n) is 11.6. The first kappa shape index (κ1) is 12.7. The Morgan fingerprint density at radius 2 is 1.95 bits per heavy atom. The van der Waals surface area contributed by atoms with Gasteiger partial charge < -0.3 is 10.1 Å². The Labute approximate surface area is 116 Å². The van der Waals surface area contributed by atoms with Gasteiger partial charge in [0.1, 0.15) is 11.6 Å². The highest BCUT2D eigenvalue weighted by molar-refractivity contribution is 5.88. The van der Waals surface area contributed by atoms with Gasteiger partial charge in [0.05, 0.1) is 5.69 Å². The summed E-state index contributed by atoms with van der Waals surface area (Å²) < 4.78 is 14.3. The molecule has 3 nitrogen and oxygen atoms in total. The highest BCUT2D eigenvalue weighted by atomic mass is 19.1. The van der Waals surface area contributed by atoms with E-state index in [-0.39, 0.29) is 11.3 Å². The maximum Gasteiger partial charge on any atom is 0.139 e. The molecule has 2 heterocycles. The zero-order chi connectivity index (χ0) is 14.4. The fourth-order valence-corrected chi connectivity index (χ4v) is 2.55. The Morgan fingerprint density at radius 3 is 2.70 bits per heavy atom. The summed E-state index contributed by atoms with van der Waals surface area (Å²) in [5, 5.41) is 10.6. The van der Waals surface area contributed by atoms with Crippen molar-refractivity contribution in [1.29, 1.82) is 0 Å². The maximum atomic E-state index is 14.3. The summed E-state index contributed by atoms with van der Waals surface area (Å²) in [7, 11) is 0. The number of hydrogen-bond donors (Lipinski definition) is 2. The number of phenolic OH excluding ortho intramolecular Hbond substituents is 1. The number of halogens is 1. The third-order valence-corrected chi connectivity index (χ3v) is 3.67. The molecule has 0 amide bonds. The van der Waals surface area contributed by atoms with Crippen LogP contribution in [0.3, 0.4) is 0 Å². The van der Waals surface area contributed by atoms with Crippen molar-refractivity contribution in [3.8, 4) is 17.0 Å². The molecule has 0 saturated heterocycles. The highest BCUT2D eigenvalue weighted by Gasteiger charge is 2.14. The van der Waals surface area contributed by atoms with Gasteiger partial charge in [0.2, 0.25) is 0 Å². The van der Waals surface area contributed by atoms with Crippen molar-refractivity contribution in [2.45, 2.75) is 20.8 Å². The van der Waals surface area contributed by atoms with Crippen molar-refractivity contribution in [3.05, 3.63) is 47.0 Å². The lowest BCUT2D eigenvalue weighted by Crippen LogP contribution is -1.94. The van der Waals surface area contributed by atoms with E-state index in [1.54, 1.807) is 13.0 Å². The van der Waals surface area contributed by atoms with Gasteiger partial charge in [-0.05, 0) is 44.5 Å². The van der Waals surface area contributed by atoms with Crippen molar-refractivity contribution in [2.75, 3.05) is 0 Å². The van der Waals surface area contributed by atoms with Crippen LogP contribution in [0.2, 0.25) is 0 Å². The summed E-state index contributed by atoms with van der Waals surface area (Å²) in [5.74, 6) is -0.473. The maximum absolute atomic E-state index is 14.3. The summed E-state index contributed by atoms with van der Waals surface area (Å²) in [6, 6.07) is 4.89. The number of fused-ring (bicyclic) bond motifs is 1. The Morgan fingerprint density at radius 1 is 1.20 bits per heavy atom. The molecule has 2 aromatic heterocycles. The smallest absolute Gasteiger partial charge is 0.139 e. The van der Waals surface area contributed by atoms with Crippen molar-refractivity contribution in [1.82, 2.24) is 9.97 Å². The summed E-state index contributed by atoms with van der Waals surface area (Å²) in [5.41, 5.74) is 4.13. The first-order valence-corrected chi connectivity index (χ1v) is 6.43. The summed E-state index contributed by atoms with van der Waals surface area (Å²) in [4.78, 5) is 7.67. The van der Waals surface area contributed by atoms with E-state index >= 15 is 0 Å². The van der Waals surface area contributed by atoms with Crippen molar-refractivity contribution in [2.24, 2.45) is 0 Å². The molecule has 0 saturated carbocycles. The molecular weight excluding hydrogens is 255 g/mol. The van der Waals surface area contributed by atoms with Gasteiger partial charge in [-0.3, -0.25) is 4.98 Å². The Bertz CT molecular complexity index is 821. The molecule has 0 radical (unpaired) electrons. The largest absolute Gasteiger partial charge is 0.508 e. The topological polar surface area (TPSA) is 48.9 Å². The van der Waals surface area contributed by atoms with Crippen LogP contribution in [0.1, 0.15) is 16.8 Å². The standard InChI is InChI=1S/C16H15FN2O/c1-8-7-18-13-6-12(19-10(3)15(8)13)11-4-5-14(20)9(2)16(11)17/h4-7,18,20H,1-3H3. The Balaban J connectivity index is 2.28. The van der Waals surface area contributed by atoms with Crippen molar-refractivity contribution >= 4 is 10.9 Å². The molecule has 4 heteroatoms. The summed E-state index contributed by atoms with van der Waals surface area (Å²) in [6.45, 7) is 5.48. The predicted molar refractivity (Wildman–Crippen MR) is 77.4 cm³/mol. The highest BCUT2D eigenvalue weighted by Crippen LogP contribution is 2.31. The van der Waals surface area contributed by atoms with Gasteiger partial charge >= 0.3 is 0 Å². The van der Waals surface area contributed by atoms with E-state index < -0.39 is 5.82 Å². The summed E-state index contributed by atoms with van der Waals surface area (Å²) in [6.07, 6.45) is 1.92. The number of aromatic hydroxyl groups is 1. The molecule has 0 unspecified atom stereocenters. The Kier molecular flexibility index (Phi) is 2.74. The minimum atomic E-state index is -0.431. The zero-order valence-corrected chi connectivity index (χ0v) is 11.6. The van der Waals surface area contributed by atoms with Crippen LogP contribution in [-0.4, -0.2) is 15.1 Å². The van der Waals surface area contributed by atoms with Gasteiger partial charge in [0, 0.05) is 33.9 Å². The molecule has 0 fully saturated rings. The van der Waals surface area contributed by atoms with E-state index in [2.05, 4.69) is 9.97 Å². The normalized spacial score (nSPS) is 11.2. The number of nitrogens with one attached hydrogen (secondary N) is 1. The lowest BCUT2D eigenvalue weighted by molar-refractivity contribution is 0.463.